The van der Waals surface area contributed by atoms with Crippen LogP contribution in [0.5, 0.6) is 0 Å². The molecule has 1 N–H and O–H groups in total. The van der Waals surface area contributed by atoms with Crippen LogP contribution in [0, 0.1) is 0 Å². The Balaban J connectivity index is 7.15. The molecule has 28 heteroatoms. The highest BCUT2D eigenvalue weighted by Crippen LogP contribution is 2.75. The van der Waals surface area contributed by atoms with Gasteiger partial charge in [0.05, 0.1) is 0 Å². The fourth-order valence-corrected chi connectivity index (χ4v) is 3.13. The lowest BCUT2D eigenvalue weighted by Crippen LogP contribution is -2.72. The summed E-state index contributed by atoms with van der Waals surface area (Å²) in [6.45, 7) is 0. The highest BCUT2D eigenvalue weighted by atomic mass is 31.1. The quantitative estimate of drug-likeness (QED) is 0.180. The van der Waals surface area contributed by atoms with Gasteiger partial charge in [-0.1, -0.05) is 0 Å². The van der Waals surface area contributed by atoms with Gasteiger partial charge in [-0.3, -0.25) is 0 Å². The van der Waals surface area contributed by atoms with Gasteiger partial charge in [-0.25, -0.2) is 0 Å². The lowest BCUT2D eigenvalue weighted by atomic mass is 9.98. The van der Waals surface area contributed by atoms with Crippen LogP contribution in [0.25, 0.3) is 0 Å². The molecule has 0 amide bonds. The molecule has 0 aliphatic rings. The molecule has 0 unspecified atom stereocenters. The van der Waals surface area contributed by atoms with Gasteiger partial charge in [-0.15, -0.1) is 0 Å². The van der Waals surface area contributed by atoms with Crippen LogP contribution in [0.1, 0.15) is 0 Å². The number of hydrogen-bond donors (Lipinski definition) is 1. The summed E-state index contributed by atoms with van der Waals surface area (Å²) in [5.41, 5.74) is -17.6. The molecule has 0 saturated heterocycles. The van der Waals surface area contributed by atoms with Crippen LogP contribution >= 0.6 is 8.15 Å². The molecular formula is C12HF26OP. The van der Waals surface area contributed by atoms with Crippen LogP contribution in [0.3, 0.4) is 0 Å². The molecule has 0 aromatic heterocycles. The van der Waals surface area contributed by atoms with Gasteiger partial charge in [-0.2, -0.15) is 114 Å². The summed E-state index contributed by atoms with van der Waals surface area (Å²) in [6.07, 6.45) is -16.2. The molecule has 0 heterocycles. The van der Waals surface area contributed by atoms with Crippen molar-refractivity contribution in [3.8, 4) is 0 Å². The van der Waals surface area contributed by atoms with Crippen LogP contribution in [-0.2, 0) is 0 Å². The predicted octanol–water partition coefficient (Wildman–Crippen LogP) is 8.77. The second kappa shape index (κ2) is 9.28. The molecule has 0 saturated carbocycles. The third kappa shape index (κ3) is 4.57. The zero-order valence-electron chi connectivity index (χ0n) is 16.7. The Bertz CT molecular complexity index is 849. The first-order valence-electron chi connectivity index (χ1n) is 8.06. The van der Waals surface area contributed by atoms with E-state index < -0.39 is 79.2 Å². The van der Waals surface area contributed by atoms with Crippen LogP contribution in [0.2, 0.25) is 0 Å². The van der Waals surface area contributed by atoms with Crippen LogP contribution in [-0.4, -0.2) is 76.0 Å². The minimum Gasteiger partial charge on any atom is -0.363 e. The summed E-state index contributed by atoms with van der Waals surface area (Å²) >= 11 is 0. The van der Waals surface area contributed by atoms with Crippen molar-refractivity contribution in [2.75, 3.05) is 0 Å². The number of hydrogen-bond acceptors (Lipinski definition) is 1. The monoisotopic (exact) mass is 686 g/mol. The van der Waals surface area contributed by atoms with Crippen molar-refractivity contribution in [2.24, 2.45) is 0 Å². The topological polar surface area (TPSA) is 20.2 Å². The fourth-order valence-electron chi connectivity index (χ4n) is 1.96. The molecule has 0 aliphatic heterocycles. The SMILES string of the molecule is OP(C(F)(F)C(F)(F)C(F)(F)C(F)(F)C(F)(F)C(F)(F)F)C(F)(F)C(F)(F)C(F)(F)C(F)(F)C(F)(F)C(F)(F)F. The largest absolute Gasteiger partial charge is 0.460 e. The zero-order valence-corrected chi connectivity index (χ0v) is 17.6. The van der Waals surface area contributed by atoms with Crippen molar-refractivity contribution in [3.63, 3.8) is 0 Å². The molecule has 0 rings (SSSR count). The van der Waals surface area contributed by atoms with E-state index in [9.17, 15) is 114 Å². The van der Waals surface area contributed by atoms with Gasteiger partial charge in [0, 0.05) is 0 Å². The van der Waals surface area contributed by atoms with Gasteiger partial charge in [0.25, 0.3) is 0 Å². The van der Waals surface area contributed by atoms with Crippen LogP contribution in [0.4, 0.5) is 114 Å². The summed E-state index contributed by atoms with van der Waals surface area (Å²) in [5.74, 6) is -71.5. The first-order chi connectivity index (χ1) is 16.7. The Hall–Kier alpha value is -1.43. The molecule has 0 aromatic rings. The van der Waals surface area contributed by atoms with Crippen LogP contribution in [0.15, 0.2) is 0 Å². The van der Waals surface area contributed by atoms with Crippen molar-refractivity contribution < 1.29 is 119 Å². The normalized spacial score (nSPS) is 17.1. The maximum Gasteiger partial charge on any atom is 0.460 e. The van der Waals surface area contributed by atoms with E-state index in [1.807, 2.05) is 0 Å². The molecule has 0 bridgehead atoms. The predicted molar refractivity (Wildman–Crippen MR) is 70.7 cm³/mol. The molecule has 0 aliphatic carbocycles. The minimum atomic E-state index is -9.13. The Morgan fingerprint density at radius 3 is 0.550 bits per heavy atom. The number of rotatable bonds is 10. The first kappa shape index (κ1) is 38.6. The van der Waals surface area contributed by atoms with Gasteiger partial charge in [0.2, 0.25) is 0 Å². The maximum absolute atomic E-state index is 13.6. The van der Waals surface area contributed by atoms with Gasteiger partial charge in [0.1, 0.15) is 0 Å². The lowest BCUT2D eigenvalue weighted by molar-refractivity contribution is -0.437. The maximum atomic E-state index is 13.6. The van der Waals surface area contributed by atoms with Gasteiger partial charge in [-0.05, 0) is 0 Å². The van der Waals surface area contributed by atoms with E-state index in [4.69, 9.17) is 4.89 Å². The Morgan fingerprint density at radius 2 is 0.400 bits per heavy atom. The van der Waals surface area contributed by atoms with Crippen molar-refractivity contribution in [1.29, 1.82) is 0 Å². The Kier molecular flexibility index (Phi) is 8.95. The average Bonchev–Trinajstić information content (AvgIpc) is 2.70. The van der Waals surface area contributed by atoms with E-state index in [-0.39, 0.29) is 0 Å². The first-order valence-corrected chi connectivity index (χ1v) is 9.36. The molecule has 242 valence electrons. The standard InChI is InChI=1S/C12HF26OP/c13-1(14,5(21,22)9(29,30)31)3(17,18)7(25,26)11(35,36)40(39)12(37,38)8(27,28)4(19,20)2(15,16)6(23,24)10(32,33)34/h39H. The molecule has 40 heavy (non-hydrogen) atoms. The fraction of sp³-hybridized carbons (Fsp3) is 1.00. The van der Waals surface area contributed by atoms with E-state index in [0.29, 0.717) is 0 Å². The summed E-state index contributed by atoms with van der Waals surface area (Å²) in [6, 6.07) is 0. The number of alkyl halides is 26. The van der Waals surface area contributed by atoms with Crippen molar-refractivity contribution in [1.82, 2.24) is 0 Å². The van der Waals surface area contributed by atoms with Crippen molar-refractivity contribution in [3.05, 3.63) is 0 Å². The highest BCUT2D eigenvalue weighted by Gasteiger charge is 2.96. The van der Waals surface area contributed by atoms with Crippen LogP contribution < -0.4 is 0 Å². The second-order valence-corrected chi connectivity index (χ2v) is 8.73. The summed E-state index contributed by atoms with van der Waals surface area (Å²) in [5, 5.41) is 0. The van der Waals surface area contributed by atoms with Gasteiger partial charge >= 0.3 is 71.1 Å². The Morgan fingerprint density at radius 1 is 0.250 bits per heavy atom. The molecular weight excluding hydrogens is 685 g/mol. The molecule has 0 spiro atoms. The highest BCUT2D eigenvalue weighted by molar-refractivity contribution is 7.54. The van der Waals surface area contributed by atoms with Gasteiger partial charge < -0.3 is 4.89 Å². The lowest BCUT2D eigenvalue weighted by Gasteiger charge is -2.44. The van der Waals surface area contributed by atoms with E-state index in [2.05, 4.69) is 0 Å². The molecule has 0 radical (unpaired) electrons. The summed E-state index contributed by atoms with van der Waals surface area (Å²) in [4.78, 5) is 8.39. The average molecular weight is 686 g/mol. The molecule has 0 aromatic carbocycles. The number of halogens is 26. The molecule has 1 nitrogen and oxygen atoms in total. The summed E-state index contributed by atoms with van der Waals surface area (Å²) in [7, 11) is -8.24. The van der Waals surface area contributed by atoms with Crippen molar-refractivity contribution in [2.45, 2.75) is 71.1 Å². The minimum absolute atomic E-state index is 8.11. The third-order valence-corrected chi connectivity index (χ3v) is 5.99. The summed E-state index contributed by atoms with van der Waals surface area (Å²) < 4.78 is 335. The second-order valence-electron chi connectivity index (χ2n) is 6.98. The third-order valence-electron chi connectivity index (χ3n) is 4.37. The van der Waals surface area contributed by atoms with E-state index in [1.165, 1.54) is 0 Å². The molecule has 0 fully saturated rings. The van der Waals surface area contributed by atoms with E-state index >= 15 is 0 Å². The van der Waals surface area contributed by atoms with E-state index in [0.717, 1.165) is 0 Å². The molecule has 0 atom stereocenters. The van der Waals surface area contributed by atoms with E-state index in [1.54, 1.807) is 0 Å². The Labute approximate surface area is 199 Å². The smallest absolute Gasteiger partial charge is 0.363 e. The zero-order chi connectivity index (χ0) is 33.6. The van der Waals surface area contributed by atoms with Gasteiger partial charge in [0.15, 0.2) is 8.15 Å². The van der Waals surface area contributed by atoms with Crippen molar-refractivity contribution >= 4 is 8.15 Å².